The van der Waals surface area contributed by atoms with Gasteiger partial charge in [-0.25, -0.2) is 9.78 Å². The third-order valence-electron chi connectivity index (χ3n) is 3.61. The maximum atomic E-state index is 12.3. The standard InChI is InChI=1S/C16H17N3O3/c20-15-13(10-17-14-8-4-5-9-19(14)15)18-16(21)22-11-12-6-2-1-3-7-12/h1-3,6-7,10H,4-5,8-9,11H2,(H,18,21). The van der Waals surface area contributed by atoms with Gasteiger partial charge in [-0.15, -0.1) is 0 Å². The molecule has 2 aromatic rings. The van der Waals surface area contributed by atoms with E-state index < -0.39 is 6.09 Å². The summed E-state index contributed by atoms with van der Waals surface area (Å²) >= 11 is 0. The summed E-state index contributed by atoms with van der Waals surface area (Å²) in [6, 6.07) is 9.36. The third kappa shape index (κ3) is 3.16. The fourth-order valence-electron chi connectivity index (χ4n) is 2.46. The Morgan fingerprint density at radius 3 is 2.91 bits per heavy atom. The Morgan fingerprint density at radius 1 is 1.27 bits per heavy atom. The molecule has 1 aliphatic rings. The van der Waals surface area contributed by atoms with E-state index in [0.29, 0.717) is 6.54 Å². The van der Waals surface area contributed by atoms with E-state index in [1.807, 2.05) is 30.3 Å². The van der Waals surface area contributed by atoms with E-state index in [9.17, 15) is 9.59 Å². The number of carbonyl (C=O) groups excluding carboxylic acids is 1. The van der Waals surface area contributed by atoms with E-state index in [1.54, 1.807) is 4.57 Å². The molecule has 0 saturated carbocycles. The van der Waals surface area contributed by atoms with E-state index >= 15 is 0 Å². The number of rotatable bonds is 3. The summed E-state index contributed by atoms with van der Waals surface area (Å²) in [5.74, 6) is 0.777. The number of hydrogen-bond acceptors (Lipinski definition) is 4. The van der Waals surface area contributed by atoms with Crippen LogP contribution in [-0.2, 0) is 24.3 Å². The zero-order chi connectivity index (χ0) is 15.4. The van der Waals surface area contributed by atoms with Gasteiger partial charge in [-0.1, -0.05) is 30.3 Å². The molecule has 3 rings (SSSR count). The van der Waals surface area contributed by atoms with Crippen LogP contribution in [0.15, 0.2) is 41.3 Å². The van der Waals surface area contributed by atoms with Gasteiger partial charge >= 0.3 is 6.09 Å². The number of benzene rings is 1. The lowest BCUT2D eigenvalue weighted by molar-refractivity contribution is 0.155. The summed E-state index contributed by atoms with van der Waals surface area (Å²) in [5.41, 5.74) is 0.822. The highest BCUT2D eigenvalue weighted by molar-refractivity contribution is 5.84. The lowest BCUT2D eigenvalue weighted by Gasteiger charge is -2.17. The highest BCUT2D eigenvalue weighted by atomic mass is 16.5. The fourth-order valence-corrected chi connectivity index (χ4v) is 2.46. The largest absolute Gasteiger partial charge is 0.444 e. The molecule has 2 heterocycles. The SMILES string of the molecule is O=C(Nc1cnc2n(c1=O)CCCC2)OCc1ccccc1. The minimum Gasteiger partial charge on any atom is -0.444 e. The molecule has 6 heteroatoms. The number of aromatic nitrogens is 2. The summed E-state index contributed by atoms with van der Waals surface area (Å²) in [5, 5.41) is 2.47. The van der Waals surface area contributed by atoms with Crippen LogP contribution in [0.2, 0.25) is 0 Å². The molecule has 1 N–H and O–H groups in total. The first-order chi connectivity index (χ1) is 10.7. The van der Waals surface area contributed by atoms with E-state index in [4.69, 9.17) is 4.74 Å². The number of aryl methyl sites for hydroxylation is 1. The number of nitrogens with one attached hydrogen (secondary N) is 1. The Kier molecular flexibility index (Phi) is 4.18. The molecule has 1 aliphatic heterocycles. The molecule has 0 fully saturated rings. The van der Waals surface area contributed by atoms with Gasteiger partial charge in [-0.2, -0.15) is 0 Å². The van der Waals surface area contributed by atoms with Gasteiger partial charge in [-0.3, -0.25) is 14.7 Å². The summed E-state index contributed by atoms with van der Waals surface area (Å²) in [6.07, 6.45) is 3.55. The topological polar surface area (TPSA) is 73.2 Å². The lowest BCUT2D eigenvalue weighted by atomic mass is 10.1. The van der Waals surface area contributed by atoms with Crippen molar-refractivity contribution in [1.82, 2.24) is 9.55 Å². The quantitative estimate of drug-likeness (QED) is 0.944. The van der Waals surface area contributed by atoms with Gasteiger partial charge in [0.15, 0.2) is 0 Å². The van der Waals surface area contributed by atoms with E-state index in [0.717, 1.165) is 30.7 Å². The first kappa shape index (κ1) is 14.3. The molecule has 1 aromatic carbocycles. The van der Waals surface area contributed by atoms with Crippen LogP contribution in [0, 0.1) is 0 Å². The molecule has 0 aliphatic carbocycles. The van der Waals surface area contributed by atoms with E-state index in [-0.39, 0.29) is 17.9 Å². The van der Waals surface area contributed by atoms with Gasteiger partial charge in [0.05, 0.1) is 6.20 Å². The van der Waals surface area contributed by atoms with Crippen molar-refractivity contribution >= 4 is 11.8 Å². The van der Waals surface area contributed by atoms with Crippen LogP contribution in [0.5, 0.6) is 0 Å². The van der Waals surface area contributed by atoms with Crippen LogP contribution in [0.4, 0.5) is 10.5 Å². The van der Waals surface area contributed by atoms with Crippen LogP contribution >= 0.6 is 0 Å². The van der Waals surface area contributed by atoms with Crippen LogP contribution in [0.1, 0.15) is 24.2 Å². The van der Waals surface area contributed by atoms with Crippen molar-refractivity contribution in [2.45, 2.75) is 32.4 Å². The van der Waals surface area contributed by atoms with Crippen molar-refractivity contribution in [3.63, 3.8) is 0 Å². The second-order valence-corrected chi connectivity index (χ2v) is 5.19. The molecule has 1 amide bonds. The van der Waals surface area contributed by atoms with Crippen LogP contribution in [0.3, 0.4) is 0 Å². The molecule has 1 aromatic heterocycles. The van der Waals surface area contributed by atoms with Crippen molar-refractivity contribution < 1.29 is 9.53 Å². The van der Waals surface area contributed by atoms with Crippen LogP contribution in [-0.4, -0.2) is 15.6 Å². The van der Waals surface area contributed by atoms with E-state index in [2.05, 4.69) is 10.3 Å². The molecule has 114 valence electrons. The molecular formula is C16H17N3O3. The molecule has 6 nitrogen and oxygen atoms in total. The Hall–Kier alpha value is -2.63. The second kappa shape index (κ2) is 6.43. The smallest absolute Gasteiger partial charge is 0.412 e. The van der Waals surface area contributed by atoms with E-state index in [1.165, 1.54) is 6.20 Å². The number of anilines is 1. The Labute approximate surface area is 127 Å². The monoisotopic (exact) mass is 299 g/mol. The highest BCUT2D eigenvalue weighted by Crippen LogP contribution is 2.11. The first-order valence-corrected chi connectivity index (χ1v) is 7.30. The van der Waals surface area contributed by atoms with Crippen molar-refractivity contribution in [1.29, 1.82) is 0 Å². The van der Waals surface area contributed by atoms with Gasteiger partial charge < -0.3 is 4.74 Å². The van der Waals surface area contributed by atoms with Crippen molar-refractivity contribution in [3.8, 4) is 0 Å². The second-order valence-electron chi connectivity index (χ2n) is 5.19. The van der Waals surface area contributed by atoms with Crippen molar-refractivity contribution in [3.05, 3.63) is 58.3 Å². The van der Waals surface area contributed by atoms with Crippen molar-refractivity contribution in [2.24, 2.45) is 0 Å². The zero-order valence-corrected chi connectivity index (χ0v) is 12.1. The fraction of sp³-hybridized carbons (Fsp3) is 0.312. The molecule has 0 bridgehead atoms. The summed E-state index contributed by atoms with van der Waals surface area (Å²) in [6.45, 7) is 0.808. The average molecular weight is 299 g/mol. The molecule has 0 unspecified atom stereocenters. The molecule has 0 atom stereocenters. The maximum absolute atomic E-state index is 12.3. The first-order valence-electron chi connectivity index (χ1n) is 7.30. The Balaban J connectivity index is 1.65. The number of ether oxygens (including phenoxy) is 1. The Morgan fingerprint density at radius 2 is 2.09 bits per heavy atom. The van der Waals surface area contributed by atoms with Gasteiger partial charge in [0.25, 0.3) is 5.56 Å². The maximum Gasteiger partial charge on any atom is 0.412 e. The minimum absolute atomic E-state index is 0.156. The number of hydrogen-bond donors (Lipinski definition) is 1. The third-order valence-corrected chi connectivity index (χ3v) is 3.61. The van der Waals surface area contributed by atoms with Crippen LogP contribution < -0.4 is 10.9 Å². The normalized spacial score (nSPS) is 13.3. The van der Waals surface area contributed by atoms with Crippen molar-refractivity contribution in [2.75, 3.05) is 5.32 Å². The number of fused-ring (bicyclic) bond motifs is 1. The summed E-state index contributed by atoms with van der Waals surface area (Å²) < 4.78 is 6.73. The van der Waals surface area contributed by atoms with Gasteiger partial charge in [0, 0.05) is 13.0 Å². The number of carbonyl (C=O) groups is 1. The number of nitrogens with zero attached hydrogens (tertiary/aromatic N) is 2. The zero-order valence-electron chi connectivity index (χ0n) is 12.1. The predicted octanol–water partition coefficient (Wildman–Crippen LogP) is 2.33. The van der Waals surface area contributed by atoms with Gasteiger partial charge in [0.1, 0.15) is 18.1 Å². The summed E-state index contributed by atoms with van der Waals surface area (Å²) in [4.78, 5) is 28.3. The van der Waals surface area contributed by atoms with Gasteiger partial charge in [0.2, 0.25) is 0 Å². The minimum atomic E-state index is -0.654. The molecule has 0 saturated heterocycles. The molecule has 22 heavy (non-hydrogen) atoms. The molecule has 0 radical (unpaired) electrons. The number of amides is 1. The lowest BCUT2D eigenvalue weighted by Crippen LogP contribution is -2.31. The van der Waals surface area contributed by atoms with Gasteiger partial charge in [-0.05, 0) is 18.4 Å². The highest BCUT2D eigenvalue weighted by Gasteiger charge is 2.15. The average Bonchev–Trinajstić information content (AvgIpc) is 2.57. The molecule has 0 spiro atoms. The predicted molar refractivity (Wildman–Crippen MR) is 81.7 cm³/mol. The Bertz CT molecular complexity index is 725. The van der Waals surface area contributed by atoms with Crippen LogP contribution in [0.25, 0.3) is 0 Å². The summed E-state index contributed by atoms with van der Waals surface area (Å²) in [7, 11) is 0. The molecular weight excluding hydrogens is 282 g/mol.